The summed E-state index contributed by atoms with van der Waals surface area (Å²) in [6.45, 7) is 8.02. The van der Waals surface area contributed by atoms with Crippen molar-refractivity contribution in [3.63, 3.8) is 0 Å². The van der Waals surface area contributed by atoms with Gasteiger partial charge in [-0.05, 0) is 18.6 Å². The lowest BCUT2D eigenvalue weighted by atomic mass is 10.2. The summed E-state index contributed by atoms with van der Waals surface area (Å²) in [5, 5.41) is 9.93. The molecule has 1 fully saturated rings. The van der Waals surface area contributed by atoms with Crippen molar-refractivity contribution >= 4 is 5.69 Å². The molecule has 1 heterocycles. The smallest absolute Gasteiger partial charge is 0.0900 e. The van der Waals surface area contributed by atoms with Crippen LogP contribution >= 0.6 is 0 Å². The van der Waals surface area contributed by atoms with Gasteiger partial charge in [0, 0.05) is 45.0 Å². The molecule has 1 N–H and O–H groups in total. The summed E-state index contributed by atoms with van der Waals surface area (Å²) in [5.41, 5.74) is 1.29. The molecule has 0 aliphatic carbocycles. The molecule has 1 aromatic rings. The third-order valence-electron chi connectivity index (χ3n) is 3.62. The maximum absolute atomic E-state index is 9.93. The first-order valence-electron chi connectivity index (χ1n) is 7.57. The van der Waals surface area contributed by atoms with Crippen molar-refractivity contribution < 1.29 is 9.84 Å². The topological polar surface area (TPSA) is 35.9 Å². The molecule has 1 aromatic carbocycles. The van der Waals surface area contributed by atoms with Crippen molar-refractivity contribution in [3.8, 4) is 0 Å². The van der Waals surface area contributed by atoms with Crippen molar-refractivity contribution in [2.75, 3.05) is 50.8 Å². The average molecular weight is 278 g/mol. The number of nitrogens with zero attached hydrogens (tertiary/aromatic N) is 2. The maximum Gasteiger partial charge on any atom is 0.0900 e. The molecular formula is C16H26N2O2. The van der Waals surface area contributed by atoms with Crippen LogP contribution in [0.4, 0.5) is 5.69 Å². The monoisotopic (exact) mass is 278 g/mol. The van der Waals surface area contributed by atoms with Crippen LogP contribution in [0.1, 0.15) is 13.3 Å². The molecule has 0 amide bonds. The molecule has 0 saturated carbocycles. The number of hydrogen-bond donors (Lipinski definition) is 1. The van der Waals surface area contributed by atoms with Crippen LogP contribution in [0, 0.1) is 0 Å². The fraction of sp³-hybridized carbons (Fsp3) is 0.625. The van der Waals surface area contributed by atoms with Gasteiger partial charge in [0.1, 0.15) is 0 Å². The predicted molar refractivity (Wildman–Crippen MR) is 82.2 cm³/mol. The summed E-state index contributed by atoms with van der Waals surface area (Å²) < 4.78 is 5.39. The molecule has 0 spiro atoms. The van der Waals surface area contributed by atoms with Crippen LogP contribution in [0.5, 0.6) is 0 Å². The maximum atomic E-state index is 9.93. The highest BCUT2D eigenvalue weighted by Gasteiger charge is 2.19. The van der Waals surface area contributed by atoms with Gasteiger partial charge in [0.2, 0.25) is 0 Å². The second-order valence-corrected chi connectivity index (χ2v) is 5.35. The van der Waals surface area contributed by atoms with Gasteiger partial charge in [-0.2, -0.15) is 0 Å². The lowest BCUT2D eigenvalue weighted by molar-refractivity contribution is 0.0160. The highest BCUT2D eigenvalue weighted by Crippen LogP contribution is 2.15. The number of ether oxygens (including phenoxy) is 1. The van der Waals surface area contributed by atoms with Crippen LogP contribution in [-0.2, 0) is 4.74 Å². The Morgan fingerprint density at radius 1 is 1.15 bits per heavy atom. The number of rotatable bonds is 7. The third kappa shape index (κ3) is 4.78. The zero-order chi connectivity index (χ0) is 14.2. The van der Waals surface area contributed by atoms with Crippen molar-refractivity contribution in [3.05, 3.63) is 30.3 Å². The number of aliphatic hydroxyl groups is 1. The van der Waals surface area contributed by atoms with E-state index in [0.29, 0.717) is 13.2 Å². The number of anilines is 1. The van der Waals surface area contributed by atoms with E-state index < -0.39 is 0 Å². The first-order chi connectivity index (χ1) is 9.79. The molecule has 1 atom stereocenters. The van der Waals surface area contributed by atoms with Crippen LogP contribution in [0.25, 0.3) is 0 Å². The Morgan fingerprint density at radius 3 is 2.50 bits per heavy atom. The predicted octanol–water partition coefficient (Wildman–Crippen LogP) is 1.60. The van der Waals surface area contributed by atoms with Gasteiger partial charge in [-0.3, -0.25) is 4.90 Å². The van der Waals surface area contributed by atoms with Crippen LogP contribution in [-0.4, -0.2) is 62.0 Å². The summed E-state index contributed by atoms with van der Waals surface area (Å²) in [4.78, 5) is 4.72. The van der Waals surface area contributed by atoms with Crippen LogP contribution in [0.15, 0.2) is 30.3 Å². The third-order valence-corrected chi connectivity index (χ3v) is 3.62. The minimum absolute atomic E-state index is 0.371. The van der Waals surface area contributed by atoms with Crippen LogP contribution in [0.3, 0.4) is 0 Å². The van der Waals surface area contributed by atoms with Gasteiger partial charge in [0.15, 0.2) is 0 Å². The van der Waals surface area contributed by atoms with E-state index in [1.165, 1.54) is 5.69 Å². The first-order valence-corrected chi connectivity index (χ1v) is 7.57. The Hall–Kier alpha value is -1.10. The Kier molecular flexibility index (Phi) is 6.30. The minimum Gasteiger partial charge on any atom is -0.389 e. The molecule has 0 aromatic heterocycles. The minimum atomic E-state index is -0.371. The normalized spacial score (nSPS) is 18.2. The van der Waals surface area contributed by atoms with E-state index in [9.17, 15) is 5.11 Å². The van der Waals surface area contributed by atoms with Crippen molar-refractivity contribution in [2.24, 2.45) is 0 Å². The van der Waals surface area contributed by atoms with E-state index in [1.54, 1.807) is 0 Å². The van der Waals surface area contributed by atoms with Gasteiger partial charge in [-0.1, -0.05) is 25.1 Å². The quantitative estimate of drug-likeness (QED) is 0.769. The van der Waals surface area contributed by atoms with Gasteiger partial charge in [-0.25, -0.2) is 0 Å². The van der Waals surface area contributed by atoms with Gasteiger partial charge in [0.25, 0.3) is 0 Å². The van der Waals surface area contributed by atoms with E-state index >= 15 is 0 Å². The van der Waals surface area contributed by atoms with Crippen molar-refractivity contribution in [1.82, 2.24) is 4.90 Å². The molecule has 1 unspecified atom stereocenters. The number of piperazine rings is 1. The Balaban J connectivity index is 1.69. The number of β-amino-alcohol motifs (C(OH)–C–C–N with tert-alkyl or cyclic N) is 1. The average Bonchev–Trinajstić information content (AvgIpc) is 2.49. The zero-order valence-corrected chi connectivity index (χ0v) is 12.4. The molecule has 4 nitrogen and oxygen atoms in total. The highest BCUT2D eigenvalue weighted by atomic mass is 16.5. The van der Waals surface area contributed by atoms with Crippen molar-refractivity contribution in [1.29, 1.82) is 0 Å². The first kappa shape index (κ1) is 15.3. The molecule has 4 heteroatoms. The SMILES string of the molecule is CCCOCC(O)CN1CCN(c2ccccc2)CC1. The van der Waals surface area contributed by atoms with Gasteiger partial charge in [-0.15, -0.1) is 0 Å². The molecule has 20 heavy (non-hydrogen) atoms. The molecule has 2 rings (SSSR count). The number of hydrogen-bond acceptors (Lipinski definition) is 4. The molecule has 112 valence electrons. The lowest BCUT2D eigenvalue weighted by Gasteiger charge is -2.36. The van der Waals surface area contributed by atoms with E-state index in [-0.39, 0.29) is 6.10 Å². The zero-order valence-electron chi connectivity index (χ0n) is 12.4. The fourth-order valence-corrected chi connectivity index (χ4v) is 2.54. The summed E-state index contributed by atoms with van der Waals surface area (Å²) in [6.07, 6.45) is 0.632. The summed E-state index contributed by atoms with van der Waals surface area (Å²) in [7, 11) is 0. The van der Waals surface area contributed by atoms with E-state index in [2.05, 4.69) is 41.0 Å². The molecule has 1 aliphatic rings. The summed E-state index contributed by atoms with van der Waals surface area (Å²) in [5.74, 6) is 0. The van der Waals surface area contributed by atoms with Gasteiger partial charge >= 0.3 is 0 Å². The number of aliphatic hydroxyl groups excluding tert-OH is 1. The van der Waals surface area contributed by atoms with E-state index in [0.717, 1.165) is 39.2 Å². The molecule has 1 saturated heterocycles. The number of benzene rings is 1. The van der Waals surface area contributed by atoms with E-state index in [1.807, 2.05) is 6.07 Å². The van der Waals surface area contributed by atoms with Gasteiger partial charge < -0.3 is 14.7 Å². The summed E-state index contributed by atoms with van der Waals surface area (Å²) in [6, 6.07) is 10.5. The van der Waals surface area contributed by atoms with E-state index in [4.69, 9.17) is 4.74 Å². The van der Waals surface area contributed by atoms with Crippen LogP contribution < -0.4 is 4.90 Å². The molecular weight excluding hydrogens is 252 g/mol. The fourth-order valence-electron chi connectivity index (χ4n) is 2.54. The molecule has 0 radical (unpaired) electrons. The molecule has 0 bridgehead atoms. The van der Waals surface area contributed by atoms with Gasteiger partial charge in [0.05, 0.1) is 12.7 Å². The Labute approximate surface area is 122 Å². The Bertz CT molecular complexity index is 364. The Morgan fingerprint density at radius 2 is 1.85 bits per heavy atom. The van der Waals surface area contributed by atoms with Crippen LogP contribution in [0.2, 0.25) is 0 Å². The second-order valence-electron chi connectivity index (χ2n) is 5.35. The largest absolute Gasteiger partial charge is 0.389 e. The number of para-hydroxylation sites is 1. The second kappa shape index (κ2) is 8.25. The lowest BCUT2D eigenvalue weighted by Crippen LogP contribution is -2.49. The van der Waals surface area contributed by atoms with Crippen molar-refractivity contribution in [2.45, 2.75) is 19.4 Å². The summed E-state index contributed by atoms with van der Waals surface area (Å²) >= 11 is 0. The standard InChI is InChI=1S/C16H26N2O2/c1-2-12-20-14-16(19)13-17-8-10-18(11-9-17)15-6-4-3-5-7-15/h3-7,16,19H,2,8-14H2,1H3. The highest BCUT2D eigenvalue weighted by molar-refractivity contribution is 5.46. The molecule has 1 aliphatic heterocycles.